The summed E-state index contributed by atoms with van der Waals surface area (Å²) in [7, 11) is 3.20. The monoisotopic (exact) mass is 245 g/mol. The van der Waals surface area contributed by atoms with Gasteiger partial charge >= 0.3 is 0 Å². The highest BCUT2D eigenvalue weighted by atomic mass is 16.5. The van der Waals surface area contributed by atoms with Gasteiger partial charge in [0.15, 0.2) is 0 Å². The van der Waals surface area contributed by atoms with E-state index in [1.165, 1.54) is 0 Å². The van der Waals surface area contributed by atoms with Crippen molar-refractivity contribution in [2.75, 3.05) is 19.5 Å². The summed E-state index contributed by atoms with van der Waals surface area (Å²) < 4.78 is 10.1. The normalized spacial score (nSPS) is 9.89. The second-order valence-electron chi connectivity index (χ2n) is 3.65. The molecule has 0 spiro atoms. The van der Waals surface area contributed by atoms with Gasteiger partial charge in [-0.05, 0) is 17.7 Å². The average Bonchev–Trinajstić information content (AvgIpc) is 2.45. The first-order chi connectivity index (χ1) is 8.81. The van der Waals surface area contributed by atoms with Crippen LogP contribution in [-0.2, 0) is 6.54 Å². The zero-order valence-corrected chi connectivity index (χ0v) is 10.4. The molecule has 0 aliphatic rings. The van der Waals surface area contributed by atoms with Gasteiger partial charge in [0, 0.05) is 36.8 Å². The van der Waals surface area contributed by atoms with Gasteiger partial charge in [-0.15, -0.1) is 0 Å². The molecule has 2 aromatic rings. The molecule has 0 atom stereocenters. The maximum Gasteiger partial charge on any atom is 0.214 e. The van der Waals surface area contributed by atoms with Gasteiger partial charge in [-0.2, -0.15) is 0 Å². The van der Waals surface area contributed by atoms with Crippen LogP contribution in [0.4, 0.5) is 5.69 Å². The van der Waals surface area contributed by atoms with Crippen LogP contribution in [0.5, 0.6) is 11.8 Å². The molecule has 0 fully saturated rings. The molecule has 18 heavy (non-hydrogen) atoms. The van der Waals surface area contributed by atoms with Crippen LogP contribution in [-0.4, -0.2) is 24.2 Å². The van der Waals surface area contributed by atoms with Crippen molar-refractivity contribution in [1.29, 1.82) is 0 Å². The van der Waals surface area contributed by atoms with Crippen LogP contribution < -0.4 is 14.8 Å². The number of rotatable bonds is 5. The van der Waals surface area contributed by atoms with Crippen molar-refractivity contribution < 1.29 is 9.47 Å². The largest absolute Gasteiger partial charge is 0.481 e. The van der Waals surface area contributed by atoms with Gasteiger partial charge in [0.1, 0.15) is 0 Å². The number of hydrogen-bond acceptors (Lipinski definition) is 5. The summed E-state index contributed by atoms with van der Waals surface area (Å²) in [5, 5.41) is 3.28. The molecule has 2 aromatic heterocycles. The molecule has 0 unspecified atom stereocenters. The quantitative estimate of drug-likeness (QED) is 0.874. The number of nitrogens with one attached hydrogen (secondary N) is 1. The Hall–Kier alpha value is -2.30. The Bertz CT molecular complexity index is 470. The molecule has 0 radical (unpaired) electrons. The molecule has 0 saturated carbocycles. The van der Waals surface area contributed by atoms with E-state index in [1.54, 1.807) is 26.6 Å². The molecule has 5 nitrogen and oxygen atoms in total. The topological polar surface area (TPSA) is 56.3 Å². The van der Waals surface area contributed by atoms with Gasteiger partial charge in [-0.1, -0.05) is 0 Å². The number of hydrogen-bond donors (Lipinski definition) is 1. The molecule has 0 saturated heterocycles. The van der Waals surface area contributed by atoms with Gasteiger partial charge in [0.2, 0.25) is 11.8 Å². The fourth-order valence-electron chi connectivity index (χ4n) is 1.51. The van der Waals surface area contributed by atoms with E-state index in [9.17, 15) is 0 Å². The number of aromatic nitrogens is 2. The molecule has 94 valence electrons. The Morgan fingerprint density at radius 1 is 1.00 bits per heavy atom. The first-order valence-corrected chi connectivity index (χ1v) is 5.54. The minimum atomic E-state index is 0.590. The number of methoxy groups -OCH3 is 2. The molecular weight excluding hydrogens is 230 g/mol. The standard InChI is InChI=1S/C13H15N3O2/c1-17-12-7-10(3-5-14-12)9-16-11-4-6-15-13(8-11)18-2/h3-8H,9H2,1-2H3,(H,15,16). The average molecular weight is 245 g/mol. The minimum absolute atomic E-state index is 0.590. The third kappa shape index (κ3) is 3.10. The van der Waals surface area contributed by atoms with E-state index in [-0.39, 0.29) is 0 Å². The lowest BCUT2D eigenvalue weighted by Crippen LogP contribution is -2.01. The number of nitrogens with zero attached hydrogens (tertiary/aromatic N) is 2. The molecule has 0 aliphatic heterocycles. The Balaban J connectivity index is 2.01. The van der Waals surface area contributed by atoms with E-state index >= 15 is 0 Å². The van der Waals surface area contributed by atoms with Crippen molar-refractivity contribution in [2.24, 2.45) is 0 Å². The number of pyridine rings is 2. The van der Waals surface area contributed by atoms with Gasteiger partial charge in [-0.25, -0.2) is 9.97 Å². The van der Waals surface area contributed by atoms with Crippen molar-refractivity contribution in [3.8, 4) is 11.8 Å². The second-order valence-corrected chi connectivity index (χ2v) is 3.65. The van der Waals surface area contributed by atoms with Crippen LogP contribution in [0.1, 0.15) is 5.56 Å². The minimum Gasteiger partial charge on any atom is -0.481 e. The molecule has 1 N–H and O–H groups in total. The molecule has 0 bridgehead atoms. The SMILES string of the molecule is COc1cc(CNc2ccnc(OC)c2)ccn1. The van der Waals surface area contributed by atoms with Gasteiger partial charge in [0.25, 0.3) is 0 Å². The third-order valence-corrected chi connectivity index (χ3v) is 2.45. The summed E-state index contributed by atoms with van der Waals surface area (Å²) in [6.45, 7) is 0.687. The van der Waals surface area contributed by atoms with Crippen LogP contribution in [0.15, 0.2) is 36.7 Å². The van der Waals surface area contributed by atoms with E-state index < -0.39 is 0 Å². The molecular formula is C13H15N3O2. The predicted molar refractivity (Wildman–Crippen MR) is 68.9 cm³/mol. The zero-order chi connectivity index (χ0) is 12.8. The summed E-state index contributed by atoms with van der Waals surface area (Å²) in [5.41, 5.74) is 2.05. The lowest BCUT2D eigenvalue weighted by Gasteiger charge is -2.08. The lowest BCUT2D eigenvalue weighted by atomic mass is 10.2. The molecule has 5 heteroatoms. The van der Waals surface area contributed by atoms with E-state index in [0.29, 0.717) is 18.3 Å². The van der Waals surface area contributed by atoms with Crippen LogP contribution >= 0.6 is 0 Å². The van der Waals surface area contributed by atoms with Crippen molar-refractivity contribution in [3.63, 3.8) is 0 Å². The molecule has 2 heterocycles. The Morgan fingerprint density at radius 2 is 1.67 bits per heavy atom. The maximum atomic E-state index is 5.07. The van der Waals surface area contributed by atoms with Crippen LogP contribution in [0.25, 0.3) is 0 Å². The smallest absolute Gasteiger partial charge is 0.214 e. The molecule has 2 rings (SSSR count). The van der Waals surface area contributed by atoms with Gasteiger partial charge in [0.05, 0.1) is 14.2 Å². The lowest BCUT2D eigenvalue weighted by molar-refractivity contribution is 0.397. The predicted octanol–water partition coefficient (Wildman–Crippen LogP) is 2.11. The van der Waals surface area contributed by atoms with Crippen molar-refractivity contribution in [3.05, 3.63) is 42.2 Å². The fraction of sp³-hybridized carbons (Fsp3) is 0.231. The fourth-order valence-corrected chi connectivity index (χ4v) is 1.51. The van der Waals surface area contributed by atoms with Crippen LogP contribution in [0, 0.1) is 0 Å². The Labute approximate surface area is 106 Å². The van der Waals surface area contributed by atoms with Gasteiger partial charge in [-0.3, -0.25) is 0 Å². The second kappa shape index (κ2) is 5.86. The summed E-state index contributed by atoms with van der Waals surface area (Å²) in [6, 6.07) is 7.57. The molecule has 0 aromatic carbocycles. The van der Waals surface area contributed by atoms with Crippen molar-refractivity contribution in [2.45, 2.75) is 6.54 Å². The Morgan fingerprint density at radius 3 is 2.39 bits per heavy atom. The van der Waals surface area contributed by atoms with Crippen molar-refractivity contribution in [1.82, 2.24) is 9.97 Å². The van der Waals surface area contributed by atoms with E-state index in [1.807, 2.05) is 24.3 Å². The van der Waals surface area contributed by atoms with Crippen LogP contribution in [0.3, 0.4) is 0 Å². The van der Waals surface area contributed by atoms with Crippen molar-refractivity contribution >= 4 is 5.69 Å². The third-order valence-electron chi connectivity index (χ3n) is 2.45. The highest BCUT2D eigenvalue weighted by Crippen LogP contribution is 2.15. The molecule has 0 aliphatic carbocycles. The summed E-state index contributed by atoms with van der Waals surface area (Å²) in [6.07, 6.45) is 3.43. The van der Waals surface area contributed by atoms with E-state index in [0.717, 1.165) is 11.3 Å². The highest BCUT2D eigenvalue weighted by Gasteiger charge is 1.99. The van der Waals surface area contributed by atoms with Crippen LogP contribution in [0.2, 0.25) is 0 Å². The first kappa shape index (κ1) is 12.2. The summed E-state index contributed by atoms with van der Waals surface area (Å²) >= 11 is 0. The highest BCUT2D eigenvalue weighted by molar-refractivity contribution is 5.45. The summed E-state index contributed by atoms with van der Waals surface area (Å²) in [5.74, 6) is 1.20. The number of anilines is 1. The maximum absolute atomic E-state index is 5.07. The van der Waals surface area contributed by atoms with Gasteiger partial charge < -0.3 is 14.8 Å². The zero-order valence-electron chi connectivity index (χ0n) is 10.4. The number of ether oxygens (including phenoxy) is 2. The van der Waals surface area contributed by atoms with E-state index in [4.69, 9.17) is 9.47 Å². The first-order valence-electron chi connectivity index (χ1n) is 5.54. The van der Waals surface area contributed by atoms with E-state index in [2.05, 4.69) is 15.3 Å². The summed E-state index contributed by atoms with van der Waals surface area (Å²) in [4.78, 5) is 8.11. The molecule has 0 amide bonds. The Kier molecular flexibility index (Phi) is 3.96.